The van der Waals surface area contributed by atoms with Crippen LogP contribution in [-0.2, 0) is 21.9 Å². The van der Waals surface area contributed by atoms with Crippen molar-refractivity contribution >= 4 is 29.2 Å². The monoisotopic (exact) mass is 485 g/mol. The number of amides is 1. The molecule has 2 aromatic rings. The first kappa shape index (κ1) is 25.1. The van der Waals surface area contributed by atoms with Crippen LogP contribution in [0.25, 0.3) is 0 Å². The van der Waals surface area contributed by atoms with Gasteiger partial charge >= 0.3 is 18.3 Å². The summed E-state index contributed by atoms with van der Waals surface area (Å²) in [5.74, 6) is -2.16. The number of benzene rings is 2. The van der Waals surface area contributed by atoms with Crippen LogP contribution in [0.4, 0.5) is 32.0 Å². The number of carbonyl (C=O) groups excluding carboxylic acids is 2. The lowest BCUT2D eigenvalue weighted by molar-refractivity contribution is -0.143. The van der Waals surface area contributed by atoms with Gasteiger partial charge in [-0.15, -0.1) is 0 Å². The molecule has 32 heavy (non-hydrogen) atoms. The van der Waals surface area contributed by atoms with Crippen LogP contribution in [-0.4, -0.2) is 32.7 Å². The van der Waals surface area contributed by atoms with Gasteiger partial charge in [0.1, 0.15) is 11.5 Å². The number of hydrogen-bond acceptors (Lipinski definition) is 5. The van der Waals surface area contributed by atoms with Crippen LogP contribution in [0.1, 0.15) is 21.5 Å². The van der Waals surface area contributed by atoms with E-state index in [0.29, 0.717) is 0 Å². The van der Waals surface area contributed by atoms with E-state index in [1.165, 1.54) is 26.4 Å². The smallest absolute Gasteiger partial charge is 0.416 e. The van der Waals surface area contributed by atoms with Gasteiger partial charge in [0.2, 0.25) is 0 Å². The predicted octanol–water partition coefficient (Wildman–Crippen LogP) is 5.19. The normalized spacial score (nSPS) is 11.7. The van der Waals surface area contributed by atoms with Gasteiger partial charge in [-0.2, -0.15) is 26.3 Å². The topological polar surface area (TPSA) is 73.9 Å². The Morgan fingerprint density at radius 3 is 1.88 bits per heavy atom. The zero-order chi connectivity index (χ0) is 24.3. The first-order chi connectivity index (χ1) is 14.8. The molecule has 0 saturated carbocycles. The number of anilines is 1. The third kappa shape index (κ3) is 6.19. The second-order valence-electron chi connectivity index (χ2n) is 6.11. The molecule has 0 radical (unpaired) electrons. The average molecular weight is 486 g/mol. The number of halogens is 7. The maximum absolute atomic E-state index is 12.9. The molecule has 0 aliphatic carbocycles. The Bertz CT molecular complexity index is 990. The standard InChI is InChI=1S/C19H14ClF6NO5/c1-30-14-7-15(31-2)13(6-12(14)20)27-16(28)8-32-17(29)9-3-10(18(21,22)23)5-11(4-9)19(24,25)26/h3-7H,8H2,1-2H3,(H,27,28). The van der Waals surface area contributed by atoms with Crippen LogP contribution in [0, 0.1) is 0 Å². The SMILES string of the molecule is COc1cc(OC)c(NC(=O)COC(=O)c2cc(C(F)(F)F)cc(C(F)(F)F)c2)cc1Cl. The van der Waals surface area contributed by atoms with Crippen molar-refractivity contribution in [1.82, 2.24) is 0 Å². The van der Waals surface area contributed by atoms with Crippen LogP contribution in [0.5, 0.6) is 11.5 Å². The van der Waals surface area contributed by atoms with Crippen molar-refractivity contribution in [3.8, 4) is 11.5 Å². The highest BCUT2D eigenvalue weighted by Crippen LogP contribution is 2.37. The van der Waals surface area contributed by atoms with Crippen molar-refractivity contribution in [2.45, 2.75) is 12.4 Å². The Morgan fingerprint density at radius 2 is 1.41 bits per heavy atom. The second kappa shape index (κ2) is 9.55. The van der Waals surface area contributed by atoms with E-state index in [1.54, 1.807) is 0 Å². The Hall–Kier alpha value is -3.15. The molecular weight excluding hydrogens is 472 g/mol. The molecule has 0 saturated heterocycles. The summed E-state index contributed by atoms with van der Waals surface area (Å²) in [5.41, 5.74) is -4.36. The average Bonchev–Trinajstić information content (AvgIpc) is 2.70. The van der Waals surface area contributed by atoms with Crippen molar-refractivity contribution in [2.75, 3.05) is 26.1 Å². The van der Waals surface area contributed by atoms with E-state index >= 15 is 0 Å². The zero-order valence-electron chi connectivity index (χ0n) is 16.3. The molecule has 0 heterocycles. The minimum Gasteiger partial charge on any atom is -0.495 e. The highest BCUT2D eigenvalue weighted by Gasteiger charge is 2.37. The quantitative estimate of drug-likeness (QED) is 0.450. The number of alkyl halides is 6. The number of hydrogen-bond donors (Lipinski definition) is 1. The summed E-state index contributed by atoms with van der Waals surface area (Å²) in [6.45, 7) is -1.01. The molecule has 0 aliphatic heterocycles. The molecule has 0 aromatic heterocycles. The molecule has 1 N–H and O–H groups in total. The molecule has 2 rings (SSSR count). The van der Waals surface area contributed by atoms with E-state index in [2.05, 4.69) is 10.1 Å². The predicted molar refractivity (Wildman–Crippen MR) is 99.9 cm³/mol. The molecule has 0 bridgehead atoms. The van der Waals surface area contributed by atoms with E-state index in [9.17, 15) is 35.9 Å². The lowest BCUT2D eigenvalue weighted by atomic mass is 10.0. The molecule has 0 atom stereocenters. The van der Waals surface area contributed by atoms with Crippen LogP contribution in [0.15, 0.2) is 30.3 Å². The van der Waals surface area contributed by atoms with E-state index in [1.807, 2.05) is 0 Å². The van der Waals surface area contributed by atoms with E-state index in [-0.39, 0.29) is 40.4 Å². The minimum atomic E-state index is -5.14. The maximum Gasteiger partial charge on any atom is 0.416 e. The summed E-state index contributed by atoms with van der Waals surface area (Å²) in [6.07, 6.45) is -10.3. The largest absolute Gasteiger partial charge is 0.495 e. The van der Waals surface area contributed by atoms with Gasteiger partial charge in [0.15, 0.2) is 6.61 Å². The molecule has 0 aliphatic rings. The third-order valence-corrected chi connectivity index (χ3v) is 4.20. The fourth-order valence-electron chi connectivity index (χ4n) is 2.43. The van der Waals surface area contributed by atoms with Gasteiger partial charge in [-0.05, 0) is 24.3 Å². The van der Waals surface area contributed by atoms with Gasteiger partial charge < -0.3 is 19.5 Å². The Kier molecular flexibility index (Phi) is 7.50. The van der Waals surface area contributed by atoms with Gasteiger partial charge in [0.25, 0.3) is 5.91 Å². The highest BCUT2D eigenvalue weighted by atomic mass is 35.5. The Balaban J connectivity index is 2.17. The number of nitrogens with one attached hydrogen (secondary N) is 1. The maximum atomic E-state index is 12.9. The fraction of sp³-hybridized carbons (Fsp3) is 0.263. The molecule has 0 spiro atoms. The van der Waals surface area contributed by atoms with Crippen LogP contribution < -0.4 is 14.8 Å². The fourth-order valence-corrected chi connectivity index (χ4v) is 2.67. The number of rotatable bonds is 6. The molecule has 2 aromatic carbocycles. The van der Waals surface area contributed by atoms with E-state index in [0.717, 1.165) is 0 Å². The molecule has 6 nitrogen and oxygen atoms in total. The molecule has 0 fully saturated rings. The molecule has 13 heteroatoms. The molecular formula is C19H14ClF6NO5. The van der Waals surface area contributed by atoms with Crippen molar-refractivity contribution in [3.05, 3.63) is 52.0 Å². The first-order valence-electron chi connectivity index (χ1n) is 8.44. The Morgan fingerprint density at radius 1 is 0.875 bits per heavy atom. The van der Waals surface area contributed by atoms with Crippen molar-refractivity contribution < 1.29 is 50.1 Å². The van der Waals surface area contributed by atoms with Gasteiger partial charge in [0, 0.05) is 6.07 Å². The first-order valence-corrected chi connectivity index (χ1v) is 8.82. The van der Waals surface area contributed by atoms with E-state index in [4.69, 9.17) is 21.1 Å². The number of esters is 1. The molecule has 1 amide bonds. The number of ether oxygens (including phenoxy) is 3. The second-order valence-corrected chi connectivity index (χ2v) is 6.51. The van der Waals surface area contributed by atoms with Crippen molar-refractivity contribution in [1.29, 1.82) is 0 Å². The van der Waals surface area contributed by atoms with Crippen molar-refractivity contribution in [2.24, 2.45) is 0 Å². The summed E-state index contributed by atoms with van der Waals surface area (Å²) in [6, 6.07) is 2.87. The number of methoxy groups -OCH3 is 2. The van der Waals surface area contributed by atoms with Crippen molar-refractivity contribution in [3.63, 3.8) is 0 Å². The van der Waals surface area contributed by atoms with Gasteiger partial charge in [-0.25, -0.2) is 4.79 Å². The van der Waals surface area contributed by atoms with Gasteiger partial charge in [-0.3, -0.25) is 4.79 Å². The highest BCUT2D eigenvalue weighted by molar-refractivity contribution is 6.32. The summed E-state index contributed by atoms with van der Waals surface area (Å²) in [4.78, 5) is 24.1. The number of carbonyl (C=O) groups is 2. The lowest BCUT2D eigenvalue weighted by Crippen LogP contribution is -2.22. The van der Waals surface area contributed by atoms with Crippen LogP contribution >= 0.6 is 11.6 Å². The van der Waals surface area contributed by atoms with Crippen LogP contribution in [0.2, 0.25) is 5.02 Å². The lowest BCUT2D eigenvalue weighted by Gasteiger charge is -2.14. The van der Waals surface area contributed by atoms with Crippen LogP contribution in [0.3, 0.4) is 0 Å². The summed E-state index contributed by atoms with van der Waals surface area (Å²) in [5, 5.41) is 2.39. The summed E-state index contributed by atoms with van der Waals surface area (Å²) >= 11 is 5.95. The summed E-state index contributed by atoms with van der Waals surface area (Å²) in [7, 11) is 2.63. The minimum absolute atomic E-state index is 0.0535. The Labute approximate surface area is 182 Å². The zero-order valence-corrected chi connectivity index (χ0v) is 17.0. The van der Waals surface area contributed by atoms with Gasteiger partial charge in [0.05, 0.1) is 41.6 Å². The van der Waals surface area contributed by atoms with Gasteiger partial charge in [-0.1, -0.05) is 11.6 Å². The van der Waals surface area contributed by atoms with E-state index < -0.39 is 47.5 Å². The molecule has 174 valence electrons. The third-order valence-electron chi connectivity index (χ3n) is 3.91. The summed E-state index contributed by atoms with van der Waals surface area (Å²) < 4.78 is 92.0. The molecule has 0 unspecified atom stereocenters.